The predicted molar refractivity (Wildman–Crippen MR) is 156 cm³/mol. The molecule has 0 aliphatic carbocycles. The van der Waals surface area contributed by atoms with E-state index in [9.17, 15) is 45.6 Å². The van der Waals surface area contributed by atoms with Crippen molar-refractivity contribution < 1.29 is 55.1 Å². The number of ether oxygens (including phenoxy) is 2. The Morgan fingerprint density at radius 1 is 0.738 bits per heavy atom. The summed E-state index contributed by atoms with van der Waals surface area (Å²) in [4.78, 5) is 12.4. The van der Waals surface area contributed by atoms with E-state index < -0.39 is 74.2 Å². The van der Waals surface area contributed by atoms with Crippen molar-refractivity contribution in [2.45, 2.75) is 165 Å². The molecule has 12 heteroatoms. The largest absolute Gasteiger partial charge is 0.394 e. The van der Waals surface area contributed by atoms with Gasteiger partial charge in [0, 0.05) is 6.54 Å². The fraction of sp³-hybridized carbons (Fsp3) is 0.967. The molecule has 1 amide bonds. The third-order valence-electron chi connectivity index (χ3n) is 7.96. The Labute approximate surface area is 251 Å². The first-order valence-electron chi connectivity index (χ1n) is 16.1. The molecule has 12 nitrogen and oxygen atoms in total. The molecule has 1 heterocycles. The molecule has 1 fully saturated rings. The second kappa shape index (κ2) is 23.5. The van der Waals surface area contributed by atoms with Gasteiger partial charge in [0.1, 0.15) is 42.7 Å². The summed E-state index contributed by atoms with van der Waals surface area (Å²) >= 11 is 0. The van der Waals surface area contributed by atoms with Crippen LogP contribution in [-0.2, 0) is 14.3 Å². The van der Waals surface area contributed by atoms with E-state index in [2.05, 4.69) is 12.2 Å². The maximum Gasteiger partial charge on any atom is 0.251 e. The third-order valence-corrected chi connectivity index (χ3v) is 7.96. The summed E-state index contributed by atoms with van der Waals surface area (Å²) in [7, 11) is 0. The zero-order valence-electron chi connectivity index (χ0n) is 25.4. The standard InChI is InChI=1S/C30H59NO11/c1-2-3-4-5-6-7-8-9-10-11-12-13-14-15-16-17-18-31-29(40)26(38)25(37)28(21(34)19-32)42-30-27(39)24(36)23(35)22(20-33)41-30/h21-28,30,32-39H,2-20H2,1H3,(H,31,40)/t21-,22-,23-,24+,25-,26-,27-,28-,30-/m1/s1. The quantitative estimate of drug-likeness (QED) is 0.0655. The number of carbonyl (C=O) groups excluding carboxylic acids is 1. The molecule has 250 valence electrons. The monoisotopic (exact) mass is 609 g/mol. The Morgan fingerprint density at radius 3 is 1.67 bits per heavy atom. The van der Waals surface area contributed by atoms with Crippen LogP contribution < -0.4 is 5.32 Å². The summed E-state index contributed by atoms with van der Waals surface area (Å²) in [6.07, 6.45) is 3.54. The number of hydrogen-bond donors (Lipinski definition) is 9. The van der Waals surface area contributed by atoms with E-state index in [1.54, 1.807) is 0 Å². The van der Waals surface area contributed by atoms with Crippen molar-refractivity contribution in [1.29, 1.82) is 0 Å². The highest BCUT2D eigenvalue weighted by Crippen LogP contribution is 2.25. The fourth-order valence-corrected chi connectivity index (χ4v) is 5.16. The number of carbonyl (C=O) groups is 1. The summed E-state index contributed by atoms with van der Waals surface area (Å²) in [5, 5.41) is 82.2. The zero-order valence-corrected chi connectivity index (χ0v) is 25.4. The first-order chi connectivity index (χ1) is 20.2. The Kier molecular flexibility index (Phi) is 21.8. The Hall–Kier alpha value is -0.930. The first-order valence-corrected chi connectivity index (χ1v) is 16.1. The van der Waals surface area contributed by atoms with Gasteiger partial charge in [0.15, 0.2) is 12.4 Å². The van der Waals surface area contributed by atoms with Crippen LogP contribution in [0.4, 0.5) is 0 Å². The van der Waals surface area contributed by atoms with E-state index in [0.29, 0.717) is 6.42 Å². The lowest BCUT2D eigenvalue weighted by Gasteiger charge is -2.42. The smallest absolute Gasteiger partial charge is 0.251 e. The predicted octanol–water partition coefficient (Wildman–Crippen LogP) is 0.624. The van der Waals surface area contributed by atoms with Crippen LogP contribution in [0.3, 0.4) is 0 Å². The highest BCUT2D eigenvalue weighted by molar-refractivity contribution is 5.81. The summed E-state index contributed by atoms with van der Waals surface area (Å²) in [5.41, 5.74) is 0. The number of aliphatic hydroxyl groups is 8. The number of unbranched alkanes of at least 4 members (excludes halogenated alkanes) is 15. The van der Waals surface area contributed by atoms with Crippen LogP contribution in [-0.4, -0.2) is 122 Å². The molecule has 1 aliphatic rings. The number of rotatable bonds is 25. The van der Waals surface area contributed by atoms with Gasteiger partial charge < -0.3 is 55.6 Å². The molecule has 0 unspecified atom stereocenters. The molecule has 9 atom stereocenters. The molecular formula is C30H59NO11. The average Bonchev–Trinajstić information content (AvgIpc) is 2.99. The van der Waals surface area contributed by atoms with Crippen molar-refractivity contribution in [3.63, 3.8) is 0 Å². The molecule has 1 saturated heterocycles. The minimum atomic E-state index is -2.04. The number of hydrogen-bond acceptors (Lipinski definition) is 11. The molecule has 0 spiro atoms. The average molecular weight is 610 g/mol. The molecule has 0 aromatic rings. The first kappa shape index (κ1) is 39.1. The van der Waals surface area contributed by atoms with Gasteiger partial charge in [-0.25, -0.2) is 0 Å². The van der Waals surface area contributed by atoms with Gasteiger partial charge in [0.2, 0.25) is 0 Å². The van der Waals surface area contributed by atoms with Crippen LogP contribution >= 0.6 is 0 Å². The van der Waals surface area contributed by atoms with Gasteiger partial charge in [0.05, 0.1) is 13.2 Å². The molecule has 0 aromatic carbocycles. The highest BCUT2D eigenvalue weighted by Gasteiger charge is 2.47. The topological polar surface area (TPSA) is 209 Å². The van der Waals surface area contributed by atoms with Crippen LogP contribution in [0.15, 0.2) is 0 Å². The van der Waals surface area contributed by atoms with Crippen LogP contribution in [0.2, 0.25) is 0 Å². The highest BCUT2D eigenvalue weighted by atomic mass is 16.7. The van der Waals surface area contributed by atoms with Crippen molar-refractivity contribution in [2.75, 3.05) is 19.8 Å². The zero-order chi connectivity index (χ0) is 31.3. The van der Waals surface area contributed by atoms with Crippen molar-refractivity contribution in [3.8, 4) is 0 Å². The lowest BCUT2D eigenvalue weighted by atomic mass is 9.98. The number of amides is 1. The lowest BCUT2D eigenvalue weighted by molar-refractivity contribution is -0.326. The number of nitrogens with one attached hydrogen (secondary N) is 1. The molecule has 0 bridgehead atoms. The SMILES string of the molecule is CCCCCCCCCCCCCCCCCCNC(=O)[C@H](O)[C@@H](O)[C@H](O[C@H]1O[C@H](CO)[C@@H](O)[C@H](O)[C@H]1O)[C@H](O)CO. The van der Waals surface area contributed by atoms with E-state index in [1.165, 1.54) is 77.0 Å². The van der Waals surface area contributed by atoms with E-state index in [-0.39, 0.29) is 6.54 Å². The molecule has 1 aliphatic heterocycles. The van der Waals surface area contributed by atoms with Crippen LogP contribution in [0.1, 0.15) is 110 Å². The summed E-state index contributed by atoms with van der Waals surface area (Å²) in [5.74, 6) is -0.906. The van der Waals surface area contributed by atoms with Gasteiger partial charge in [-0.3, -0.25) is 4.79 Å². The van der Waals surface area contributed by atoms with E-state index >= 15 is 0 Å². The van der Waals surface area contributed by atoms with Crippen molar-refractivity contribution in [3.05, 3.63) is 0 Å². The van der Waals surface area contributed by atoms with Crippen LogP contribution in [0.5, 0.6) is 0 Å². The molecule has 0 aromatic heterocycles. The van der Waals surface area contributed by atoms with Crippen molar-refractivity contribution >= 4 is 5.91 Å². The second-order valence-electron chi connectivity index (χ2n) is 11.6. The lowest BCUT2D eigenvalue weighted by Crippen LogP contribution is -2.62. The molecule has 9 N–H and O–H groups in total. The third kappa shape index (κ3) is 14.7. The summed E-state index contributed by atoms with van der Waals surface area (Å²) < 4.78 is 10.5. The molecule has 0 radical (unpaired) electrons. The molecular weight excluding hydrogens is 550 g/mol. The number of aliphatic hydroxyl groups excluding tert-OH is 8. The van der Waals surface area contributed by atoms with Gasteiger partial charge in [-0.05, 0) is 6.42 Å². The molecule has 1 rings (SSSR count). The minimum absolute atomic E-state index is 0.280. The van der Waals surface area contributed by atoms with E-state index in [1.807, 2.05) is 0 Å². The molecule has 0 saturated carbocycles. The maximum absolute atomic E-state index is 12.4. The summed E-state index contributed by atoms with van der Waals surface area (Å²) in [6, 6.07) is 0. The normalized spacial score (nSPS) is 25.6. The van der Waals surface area contributed by atoms with Gasteiger partial charge in [-0.1, -0.05) is 103 Å². The molecule has 42 heavy (non-hydrogen) atoms. The Bertz CT molecular complexity index is 671. The Balaban J connectivity index is 2.25. The van der Waals surface area contributed by atoms with E-state index in [0.717, 1.165) is 19.3 Å². The minimum Gasteiger partial charge on any atom is -0.394 e. The van der Waals surface area contributed by atoms with Gasteiger partial charge in [-0.2, -0.15) is 0 Å². The second-order valence-corrected chi connectivity index (χ2v) is 11.6. The van der Waals surface area contributed by atoms with Crippen molar-refractivity contribution in [1.82, 2.24) is 5.32 Å². The van der Waals surface area contributed by atoms with Gasteiger partial charge in [0.25, 0.3) is 5.91 Å². The van der Waals surface area contributed by atoms with Crippen LogP contribution in [0.25, 0.3) is 0 Å². The van der Waals surface area contributed by atoms with Crippen LogP contribution in [0, 0.1) is 0 Å². The van der Waals surface area contributed by atoms with E-state index in [4.69, 9.17) is 9.47 Å². The Morgan fingerprint density at radius 2 is 1.21 bits per heavy atom. The fourth-order valence-electron chi connectivity index (χ4n) is 5.16. The van der Waals surface area contributed by atoms with Crippen molar-refractivity contribution in [2.24, 2.45) is 0 Å². The van der Waals surface area contributed by atoms with Gasteiger partial charge >= 0.3 is 0 Å². The van der Waals surface area contributed by atoms with Gasteiger partial charge in [-0.15, -0.1) is 0 Å². The summed E-state index contributed by atoms with van der Waals surface area (Å²) in [6.45, 7) is 0.866. The maximum atomic E-state index is 12.4.